The predicted molar refractivity (Wildman–Crippen MR) is 84.3 cm³/mol. The van der Waals surface area contributed by atoms with E-state index in [4.69, 9.17) is 0 Å². The highest BCUT2D eigenvalue weighted by Gasteiger charge is 2.37. The van der Waals surface area contributed by atoms with Crippen molar-refractivity contribution in [1.29, 1.82) is 0 Å². The van der Waals surface area contributed by atoms with E-state index in [9.17, 15) is 0 Å². The summed E-state index contributed by atoms with van der Waals surface area (Å²) in [5.74, 6) is 4.82. The quantitative estimate of drug-likeness (QED) is 0.748. The van der Waals surface area contributed by atoms with Gasteiger partial charge in [0.1, 0.15) is 0 Å². The zero-order valence-electron chi connectivity index (χ0n) is 13.6. The Kier molecular flexibility index (Phi) is 5.74. The third kappa shape index (κ3) is 3.74. The lowest BCUT2D eigenvalue weighted by Crippen LogP contribution is -2.44. The molecule has 2 fully saturated rings. The zero-order chi connectivity index (χ0) is 13.8. The molecule has 1 N–H and O–H groups in total. The summed E-state index contributed by atoms with van der Waals surface area (Å²) in [5, 5.41) is 3.87. The van der Waals surface area contributed by atoms with Crippen molar-refractivity contribution in [2.75, 3.05) is 6.54 Å². The standard InChI is InChI=1S/C18H35N/c1-5-15-8-10-17(12-15)18(19-6-2)16-9-7-13(3)14(4)11-16/h13-19H,5-12H2,1-4H3. The van der Waals surface area contributed by atoms with E-state index < -0.39 is 0 Å². The molecule has 112 valence electrons. The summed E-state index contributed by atoms with van der Waals surface area (Å²) in [6.07, 6.45) is 10.3. The molecule has 2 aliphatic rings. The second-order valence-electron chi connectivity index (χ2n) is 7.46. The van der Waals surface area contributed by atoms with E-state index >= 15 is 0 Å². The zero-order valence-corrected chi connectivity index (χ0v) is 13.6. The molecule has 0 aliphatic heterocycles. The molecule has 6 atom stereocenters. The maximum atomic E-state index is 3.87. The second-order valence-corrected chi connectivity index (χ2v) is 7.46. The molecule has 0 bridgehead atoms. The average Bonchev–Trinajstić information content (AvgIpc) is 2.88. The van der Waals surface area contributed by atoms with Crippen molar-refractivity contribution in [2.24, 2.45) is 29.6 Å². The van der Waals surface area contributed by atoms with Crippen molar-refractivity contribution in [2.45, 2.75) is 78.7 Å². The third-order valence-corrected chi connectivity index (χ3v) is 6.25. The van der Waals surface area contributed by atoms with Gasteiger partial charge in [-0.2, -0.15) is 0 Å². The van der Waals surface area contributed by atoms with Gasteiger partial charge in [-0.25, -0.2) is 0 Å². The Labute approximate surface area is 120 Å². The summed E-state index contributed by atoms with van der Waals surface area (Å²) in [7, 11) is 0. The molecular weight excluding hydrogens is 230 g/mol. The first-order chi connectivity index (χ1) is 9.15. The van der Waals surface area contributed by atoms with Gasteiger partial charge in [0, 0.05) is 6.04 Å². The van der Waals surface area contributed by atoms with Gasteiger partial charge in [0.25, 0.3) is 0 Å². The van der Waals surface area contributed by atoms with Crippen LogP contribution in [0.5, 0.6) is 0 Å². The molecule has 2 aliphatic carbocycles. The van der Waals surface area contributed by atoms with Gasteiger partial charge in [0.2, 0.25) is 0 Å². The smallest absolute Gasteiger partial charge is 0.0124 e. The van der Waals surface area contributed by atoms with E-state index in [0.29, 0.717) is 0 Å². The Morgan fingerprint density at radius 3 is 2.16 bits per heavy atom. The van der Waals surface area contributed by atoms with Crippen LogP contribution in [-0.2, 0) is 0 Å². The molecular formula is C18H35N. The first-order valence-electron chi connectivity index (χ1n) is 8.89. The van der Waals surface area contributed by atoms with Gasteiger partial charge in [-0.1, -0.05) is 47.0 Å². The molecule has 19 heavy (non-hydrogen) atoms. The van der Waals surface area contributed by atoms with Crippen LogP contribution in [0.15, 0.2) is 0 Å². The molecule has 0 radical (unpaired) electrons. The molecule has 0 aromatic heterocycles. The molecule has 0 spiro atoms. The first-order valence-corrected chi connectivity index (χ1v) is 8.89. The van der Waals surface area contributed by atoms with Gasteiger partial charge < -0.3 is 5.32 Å². The fraction of sp³-hybridized carbons (Fsp3) is 1.00. The van der Waals surface area contributed by atoms with Gasteiger partial charge in [0.15, 0.2) is 0 Å². The Morgan fingerprint density at radius 2 is 1.58 bits per heavy atom. The minimum atomic E-state index is 0.816. The maximum Gasteiger partial charge on any atom is 0.0124 e. The molecule has 0 aromatic carbocycles. The van der Waals surface area contributed by atoms with Crippen LogP contribution in [0.3, 0.4) is 0 Å². The lowest BCUT2D eigenvalue weighted by Gasteiger charge is -2.39. The van der Waals surface area contributed by atoms with Crippen LogP contribution in [0.2, 0.25) is 0 Å². The highest BCUT2D eigenvalue weighted by Crippen LogP contribution is 2.42. The van der Waals surface area contributed by atoms with E-state index in [1.165, 1.54) is 44.9 Å². The fourth-order valence-electron chi connectivity index (χ4n) is 4.68. The van der Waals surface area contributed by atoms with Gasteiger partial charge in [0.05, 0.1) is 0 Å². The molecule has 0 saturated heterocycles. The minimum Gasteiger partial charge on any atom is -0.314 e. The highest BCUT2D eigenvalue weighted by molar-refractivity contribution is 4.91. The predicted octanol–water partition coefficient (Wildman–Crippen LogP) is 4.86. The van der Waals surface area contributed by atoms with E-state index in [0.717, 1.165) is 42.2 Å². The molecule has 1 nitrogen and oxygen atoms in total. The highest BCUT2D eigenvalue weighted by atomic mass is 14.9. The third-order valence-electron chi connectivity index (χ3n) is 6.25. The van der Waals surface area contributed by atoms with Crippen LogP contribution in [-0.4, -0.2) is 12.6 Å². The van der Waals surface area contributed by atoms with Gasteiger partial charge in [-0.3, -0.25) is 0 Å². The van der Waals surface area contributed by atoms with Crippen LogP contribution in [0.4, 0.5) is 0 Å². The summed E-state index contributed by atoms with van der Waals surface area (Å²) in [6.45, 7) is 10.7. The number of hydrogen-bond donors (Lipinski definition) is 1. The van der Waals surface area contributed by atoms with Crippen LogP contribution < -0.4 is 5.32 Å². The molecule has 6 unspecified atom stereocenters. The minimum absolute atomic E-state index is 0.816. The van der Waals surface area contributed by atoms with E-state index in [1.807, 2.05) is 0 Å². The molecule has 2 rings (SSSR count). The van der Waals surface area contributed by atoms with Crippen LogP contribution in [0.25, 0.3) is 0 Å². The van der Waals surface area contributed by atoms with Gasteiger partial charge in [-0.15, -0.1) is 0 Å². The van der Waals surface area contributed by atoms with E-state index in [2.05, 4.69) is 33.0 Å². The normalized spacial score (nSPS) is 41.4. The van der Waals surface area contributed by atoms with E-state index in [-0.39, 0.29) is 0 Å². The van der Waals surface area contributed by atoms with Gasteiger partial charge in [-0.05, 0) is 61.8 Å². The van der Waals surface area contributed by atoms with Crippen molar-refractivity contribution < 1.29 is 0 Å². The summed E-state index contributed by atoms with van der Waals surface area (Å²) < 4.78 is 0. The second kappa shape index (κ2) is 7.11. The van der Waals surface area contributed by atoms with Crippen molar-refractivity contribution in [3.8, 4) is 0 Å². The molecule has 0 amide bonds. The molecule has 0 heterocycles. The largest absolute Gasteiger partial charge is 0.314 e. The summed E-state index contributed by atoms with van der Waals surface area (Å²) in [4.78, 5) is 0. The summed E-state index contributed by atoms with van der Waals surface area (Å²) >= 11 is 0. The number of hydrogen-bond acceptors (Lipinski definition) is 1. The molecule has 2 saturated carbocycles. The van der Waals surface area contributed by atoms with Crippen molar-refractivity contribution in [1.82, 2.24) is 5.32 Å². The monoisotopic (exact) mass is 265 g/mol. The Bertz CT molecular complexity index is 262. The molecule has 1 heteroatoms. The number of rotatable bonds is 5. The summed E-state index contributed by atoms with van der Waals surface area (Å²) in [6, 6.07) is 0.816. The summed E-state index contributed by atoms with van der Waals surface area (Å²) in [5.41, 5.74) is 0. The van der Waals surface area contributed by atoms with Crippen LogP contribution >= 0.6 is 0 Å². The lowest BCUT2D eigenvalue weighted by molar-refractivity contribution is 0.141. The molecule has 0 aromatic rings. The van der Waals surface area contributed by atoms with E-state index in [1.54, 1.807) is 0 Å². The van der Waals surface area contributed by atoms with Gasteiger partial charge >= 0.3 is 0 Å². The SMILES string of the molecule is CCNC(C1CCC(CC)C1)C1CCC(C)C(C)C1. The average molecular weight is 265 g/mol. The van der Waals surface area contributed by atoms with Crippen molar-refractivity contribution >= 4 is 0 Å². The topological polar surface area (TPSA) is 12.0 Å². The Hall–Kier alpha value is -0.0400. The van der Waals surface area contributed by atoms with Crippen LogP contribution in [0, 0.1) is 29.6 Å². The maximum absolute atomic E-state index is 3.87. The Balaban J connectivity index is 1.96. The first kappa shape index (κ1) is 15.4. The fourth-order valence-corrected chi connectivity index (χ4v) is 4.68. The lowest BCUT2D eigenvalue weighted by atomic mass is 9.70. The number of nitrogens with one attached hydrogen (secondary N) is 1. The van der Waals surface area contributed by atoms with Crippen molar-refractivity contribution in [3.63, 3.8) is 0 Å². The van der Waals surface area contributed by atoms with Crippen molar-refractivity contribution in [3.05, 3.63) is 0 Å². The Morgan fingerprint density at radius 1 is 0.895 bits per heavy atom. The van der Waals surface area contributed by atoms with Crippen LogP contribution in [0.1, 0.15) is 72.6 Å².